The highest BCUT2D eigenvalue weighted by Crippen LogP contribution is 2.18. The Morgan fingerprint density at radius 2 is 2.36 bits per heavy atom. The maximum absolute atomic E-state index is 10.9. The van der Waals surface area contributed by atoms with E-state index in [4.69, 9.17) is 5.11 Å². The molecule has 0 aromatic carbocycles. The second kappa shape index (κ2) is 4.64. The van der Waals surface area contributed by atoms with Crippen LogP contribution in [0.1, 0.15) is 13.3 Å². The molecule has 5 heteroatoms. The van der Waals surface area contributed by atoms with Gasteiger partial charge in [-0.1, -0.05) is 6.08 Å². The van der Waals surface area contributed by atoms with Crippen molar-refractivity contribution in [3.8, 4) is 0 Å². The van der Waals surface area contributed by atoms with Crippen LogP contribution >= 0.6 is 0 Å². The standard InChI is InChI=1S/C9H13NO4/c1-2-14-8(11)4-3-7-5-6-10(7)9(12)13/h3-4,7H,2,5-6H2,1H3,(H,12,13). The zero-order valence-corrected chi connectivity index (χ0v) is 7.97. The number of nitrogens with zero attached hydrogens (tertiary/aromatic N) is 1. The van der Waals surface area contributed by atoms with E-state index < -0.39 is 12.1 Å². The molecule has 1 rings (SSSR count). The summed E-state index contributed by atoms with van der Waals surface area (Å²) in [5, 5.41) is 8.65. The van der Waals surface area contributed by atoms with Crippen molar-refractivity contribution in [3.63, 3.8) is 0 Å². The van der Waals surface area contributed by atoms with E-state index in [0.717, 1.165) is 6.42 Å². The molecule has 1 saturated heterocycles. The van der Waals surface area contributed by atoms with Crippen molar-refractivity contribution < 1.29 is 19.4 Å². The fourth-order valence-corrected chi connectivity index (χ4v) is 1.22. The molecule has 1 aliphatic rings. The summed E-state index contributed by atoms with van der Waals surface area (Å²) in [6, 6.07) is -0.170. The first-order valence-electron chi connectivity index (χ1n) is 4.49. The third kappa shape index (κ3) is 2.48. The summed E-state index contributed by atoms with van der Waals surface area (Å²) in [5.74, 6) is -0.426. The first-order chi connectivity index (χ1) is 6.65. The van der Waals surface area contributed by atoms with Crippen molar-refractivity contribution in [3.05, 3.63) is 12.2 Å². The van der Waals surface area contributed by atoms with Crippen LogP contribution in [0.5, 0.6) is 0 Å². The molecule has 0 saturated carbocycles. The summed E-state index contributed by atoms with van der Waals surface area (Å²) in [6.07, 6.45) is 2.66. The largest absolute Gasteiger partial charge is 0.465 e. The lowest BCUT2D eigenvalue weighted by Crippen LogP contribution is -2.49. The number of ether oxygens (including phenoxy) is 1. The van der Waals surface area contributed by atoms with Crippen LogP contribution in [0.15, 0.2) is 12.2 Å². The second-order valence-electron chi connectivity index (χ2n) is 2.94. The molecule has 0 aliphatic carbocycles. The second-order valence-corrected chi connectivity index (χ2v) is 2.94. The molecule has 1 amide bonds. The Kier molecular flexibility index (Phi) is 3.50. The Morgan fingerprint density at radius 3 is 2.79 bits per heavy atom. The van der Waals surface area contributed by atoms with E-state index >= 15 is 0 Å². The van der Waals surface area contributed by atoms with Crippen LogP contribution in [0.4, 0.5) is 4.79 Å². The third-order valence-electron chi connectivity index (χ3n) is 2.05. The minimum atomic E-state index is -0.949. The van der Waals surface area contributed by atoms with Crippen molar-refractivity contribution in [2.75, 3.05) is 13.2 Å². The van der Waals surface area contributed by atoms with Gasteiger partial charge in [0, 0.05) is 12.6 Å². The van der Waals surface area contributed by atoms with Gasteiger partial charge in [-0.25, -0.2) is 9.59 Å². The zero-order valence-electron chi connectivity index (χ0n) is 7.97. The third-order valence-corrected chi connectivity index (χ3v) is 2.05. The molecule has 0 bridgehead atoms. The molecule has 5 nitrogen and oxygen atoms in total. The molecule has 1 fully saturated rings. The molecule has 0 aromatic rings. The lowest BCUT2D eigenvalue weighted by Gasteiger charge is -2.36. The van der Waals surface area contributed by atoms with Crippen LogP contribution in [-0.4, -0.2) is 41.3 Å². The van der Waals surface area contributed by atoms with Gasteiger partial charge in [-0.3, -0.25) is 0 Å². The van der Waals surface area contributed by atoms with Crippen molar-refractivity contribution in [2.24, 2.45) is 0 Å². The summed E-state index contributed by atoms with van der Waals surface area (Å²) < 4.78 is 4.66. The van der Waals surface area contributed by atoms with Crippen molar-refractivity contribution >= 4 is 12.1 Å². The topological polar surface area (TPSA) is 66.8 Å². The summed E-state index contributed by atoms with van der Waals surface area (Å²) >= 11 is 0. The normalized spacial score (nSPS) is 20.6. The van der Waals surface area contributed by atoms with Gasteiger partial charge in [-0.15, -0.1) is 0 Å². The van der Waals surface area contributed by atoms with Crippen LogP contribution in [0.3, 0.4) is 0 Å². The number of rotatable bonds is 3. The first kappa shape index (κ1) is 10.6. The molecular weight excluding hydrogens is 186 g/mol. The Bertz CT molecular complexity index is 262. The molecule has 1 unspecified atom stereocenters. The Hall–Kier alpha value is -1.52. The van der Waals surface area contributed by atoms with Gasteiger partial charge in [0.1, 0.15) is 0 Å². The van der Waals surface area contributed by atoms with E-state index in [2.05, 4.69) is 4.74 Å². The van der Waals surface area contributed by atoms with Gasteiger partial charge in [-0.05, 0) is 13.3 Å². The maximum Gasteiger partial charge on any atom is 0.407 e. The van der Waals surface area contributed by atoms with Gasteiger partial charge in [0.05, 0.1) is 12.6 Å². The summed E-state index contributed by atoms with van der Waals surface area (Å²) in [4.78, 5) is 22.7. The van der Waals surface area contributed by atoms with Gasteiger partial charge < -0.3 is 14.7 Å². The van der Waals surface area contributed by atoms with Crippen LogP contribution in [0.25, 0.3) is 0 Å². The Morgan fingerprint density at radius 1 is 1.64 bits per heavy atom. The number of likely N-dealkylation sites (tertiary alicyclic amines) is 1. The predicted octanol–water partition coefficient (Wildman–Crippen LogP) is 0.858. The van der Waals surface area contributed by atoms with E-state index in [-0.39, 0.29) is 6.04 Å². The molecule has 78 valence electrons. The van der Waals surface area contributed by atoms with Gasteiger partial charge >= 0.3 is 12.1 Å². The first-order valence-corrected chi connectivity index (χ1v) is 4.49. The van der Waals surface area contributed by atoms with E-state index in [1.165, 1.54) is 11.0 Å². The summed E-state index contributed by atoms with van der Waals surface area (Å²) in [5.41, 5.74) is 0. The van der Waals surface area contributed by atoms with Gasteiger partial charge in [-0.2, -0.15) is 0 Å². The molecule has 1 atom stereocenters. The Balaban J connectivity index is 2.37. The van der Waals surface area contributed by atoms with E-state index in [1.54, 1.807) is 13.0 Å². The smallest absolute Gasteiger partial charge is 0.407 e. The fraction of sp³-hybridized carbons (Fsp3) is 0.556. The number of carbonyl (C=O) groups is 2. The number of amides is 1. The number of carbonyl (C=O) groups excluding carboxylic acids is 1. The minimum Gasteiger partial charge on any atom is -0.465 e. The quantitative estimate of drug-likeness (QED) is 0.540. The molecule has 14 heavy (non-hydrogen) atoms. The highest BCUT2D eigenvalue weighted by molar-refractivity contribution is 5.82. The van der Waals surface area contributed by atoms with E-state index in [0.29, 0.717) is 13.2 Å². The van der Waals surface area contributed by atoms with Crippen molar-refractivity contribution in [1.29, 1.82) is 0 Å². The van der Waals surface area contributed by atoms with Gasteiger partial charge in [0.15, 0.2) is 0 Å². The molecule has 1 N–H and O–H groups in total. The average Bonchev–Trinajstić information content (AvgIpc) is 2.01. The van der Waals surface area contributed by atoms with E-state index in [1.807, 2.05) is 0 Å². The van der Waals surface area contributed by atoms with Crippen LogP contribution in [0.2, 0.25) is 0 Å². The van der Waals surface area contributed by atoms with Gasteiger partial charge in [0.25, 0.3) is 0 Å². The number of esters is 1. The van der Waals surface area contributed by atoms with Crippen LogP contribution in [-0.2, 0) is 9.53 Å². The monoisotopic (exact) mass is 199 g/mol. The summed E-state index contributed by atoms with van der Waals surface area (Å²) in [6.45, 7) is 2.59. The average molecular weight is 199 g/mol. The Labute approximate surface area is 82.0 Å². The van der Waals surface area contributed by atoms with E-state index in [9.17, 15) is 9.59 Å². The predicted molar refractivity (Wildman–Crippen MR) is 48.9 cm³/mol. The highest BCUT2D eigenvalue weighted by Gasteiger charge is 2.29. The number of hydrogen-bond donors (Lipinski definition) is 1. The maximum atomic E-state index is 10.9. The van der Waals surface area contributed by atoms with Crippen LogP contribution in [0, 0.1) is 0 Å². The molecule has 1 aliphatic heterocycles. The molecule has 0 spiro atoms. The van der Waals surface area contributed by atoms with Crippen molar-refractivity contribution in [1.82, 2.24) is 4.90 Å². The number of carboxylic acid groups (broad SMARTS) is 1. The molecule has 1 heterocycles. The number of hydrogen-bond acceptors (Lipinski definition) is 3. The fourth-order valence-electron chi connectivity index (χ4n) is 1.22. The lowest BCUT2D eigenvalue weighted by atomic mass is 10.0. The molecule has 0 aromatic heterocycles. The van der Waals surface area contributed by atoms with Gasteiger partial charge in [0.2, 0.25) is 0 Å². The molecular formula is C9H13NO4. The molecule has 0 radical (unpaired) electrons. The lowest BCUT2D eigenvalue weighted by molar-refractivity contribution is -0.137. The zero-order chi connectivity index (χ0) is 10.6. The minimum absolute atomic E-state index is 0.170. The summed E-state index contributed by atoms with van der Waals surface area (Å²) in [7, 11) is 0. The SMILES string of the molecule is CCOC(=O)C=CC1CCN1C(=O)O. The highest BCUT2D eigenvalue weighted by atomic mass is 16.5. The van der Waals surface area contributed by atoms with Crippen molar-refractivity contribution in [2.45, 2.75) is 19.4 Å². The van der Waals surface area contributed by atoms with Crippen LogP contribution < -0.4 is 0 Å².